The van der Waals surface area contributed by atoms with Gasteiger partial charge in [0.2, 0.25) is 0 Å². The molecule has 0 spiro atoms. The summed E-state index contributed by atoms with van der Waals surface area (Å²) in [5, 5.41) is 0. The second-order valence-corrected chi connectivity index (χ2v) is 3.16. The molecule has 0 bridgehead atoms. The van der Waals surface area contributed by atoms with Crippen LogP contribution in [0.1, 0.15) is 20.3 Å². The van der Waals surface area contributed by atoms with E-state index in [1.807, 2.05) is 0 Å². The topological polar surface area (TPSA) is 0 Å². The van der Waals surface area contributed by atoms with Crippen molar-refractivity contribution in [2.24, 2.45) is 5.41 Å². The Labute approximate surface area is 47.9 Å². The van der Waals surface area contributed by atoms with Gasteiger partial charge in [-0.05, 0) is 6.42 Å². The third kappa shape index (κ3) is 0.550. The molecule has 0 N–H and O–H groups in total. The van der Waals surface area contributed by atoms with E-state index in [1.165, 1.54) is 0 Å². The van der Waals surface area contributed by atoms with Crippen LogP contribution >= 0.6 is 0 Å². The molecule has 0 radical (unpaired) electrons. The lowest BCUT2D eigenvalue weighted by Gasteiger charge is -2.03. The zero-order valence-electron chi connectivity index (χ0n) is 5.17. The van der Waals surface area contributed by atoms with Gasteiger partial charge in [-0.1, -0.05) is 13.8 Å². The third-order valence-corrected chi connectivity index (χ3v) is 2.02. The van der Waals surface area contributed by atoms with Gasteiger partial charge in [0.25, 0.3) is 0 Å². The van der Waals surface area contributed by atoms with E-state index in [2.05, 4.69) is 0 Å². The van der Waals surface area contributed by atoms with Crippen molar-refractivity contribution in [3.8, 4) is 0 Å². The first-order valence-electron chi connectivity index (χ1n) is 2.77. The molecule has 1 rings (SSSR count). The van der Waals surface area contributed by atoms with Gasteiger partial charge in [-0.25, -0.2) is 8.78 Å². The fraction of sp³-hybridized carbons (Fsp3) is 1.00. The summed E-state index contributed by atoms with van der Waals surface area (Å²) in [5.41, 5.74) is -1.87. The maximum Gasteiger partial charge on any atom is 0.145 e. The van der Waals surface area contributed by atoms with E-state index >= 15 is 0 Å². The van der Waals surface area contributed by atoms with Crippen LogP contribution in [0.5, 0.6) is 0 Å². The number of rotatable bonds is 1. The fourth-order valence-electron chi connectivity index (χ4n) is 0.884. The van der Waals surface area contributed by atoms with Gasteiger partial charge >= 0.3 is 0 Å². The van der Waals surface area contributed by atoms with Crippen molar-refractivity contribution in [1.82, 2.24) is 0 Å². The largest absolute Gasteiger partial charge is 0.248 e. The molecule has 48 valence electrons. The summed E-state index contributed by atoms with van der Waals surface area (Å²) in [6, 6.07) is 0. The first-order chi connectivity index (χ1) is 3.52. The molecule has 8 heavy (non-hydrogen) atoms. The van der Waals surface area contributed by atoms with Crippen LogP contribution in [-0.4, -0.2) is 12.3 Å². The van der Waals surface area contributed by atoms with Gasteiger partial charge in [-0.2, -0.15) is 0 Å². The van der Waals surface area contributed by atoms with Gasteiger partial charge in [0.15, 0.2) is 0 Å². The van der Waals surface area contributed by atoms with Crippen molar-refractivity contribution >= 4 is 0 Å². The monoisotopic (exact) mass is 120 g/mol. The van der Waals surface area contributed by atoms with Crippen LogP contribution < -0.4 is 0 Å². The van der Waals surface area contributed by atoms with Crippen LogP contribution in [0.15, 0.2) is 0 Å². The van der Waals surface area contributed by atoms with Crippen LogP contribution in [0.4, 0.5) is 8.78 Å². The van der Waals surface area contributed by atoms with Gasteiger partial charge < -0.3 is 0 Å². The van der Waals surface area contributed by atoms with E-state index in [0.29, 0.717) is 6.42 Å². The quantitative estimate of drug-likeness (QED) is 0.497. The Morgan fingerprint density at radius 3 is 1.88 bits per heavy atom. The molecule has 1 saturated carbocycles. The standard InChI is InChI=1S/C6H10F2/c1-5(2)3-6(5,8)4-7/h3-4H2,1-2H3. The molecule has 0 aliphatic heterocycles. The highest BCUT2D eigenvalue weighted by Crippen LogP contribution is 2.58. The van der Waals surface area contributed by atoms with Gasteiger partial charge in [0.05, 0.1) is 0 Å². The van der Waals surface area contributed by atoms with E-state index < -0.39 is 12.3 Å². The number of hydrogen-bond donors (Lipinski definition) is 0. The minimum Gasteiger partial charge on any atom is -0.248 e. The summed E-state index contributed by atoms with van der Waals surface area (Å²) in [6.07, 6.45) is 0.385. The Morgan fingerprint density at radius 2 is 1.88 bits per heavy atom. The summed E-state index contributed by atoms with van der Waals surface area (Å²) in [5.74, 6) is 0. The van der Waals surface area contributed by atoms with Crippen LogP contribution in [0, 0.1) is 5.41 Å². The SMILES string of the molecule is CC1(C)CC1(F)CF. The molecule has 0 amide bonds. The average molecular weight is 120 g/mol. The minimum atomic E-state index is -1.48. The van der Waals surface area contributed by atoms with Crippen molar-refractivity contribution in [1.29, 1.82) is 0 Å². The predicted molar refractivity (Wildman–Crippen MR) is 28.2 cm³/mol. The molecule has 2 heteroatoms. The third-order valence-electron chi connectivity index (χ3n) is 2.02. The molecule has 1 aliphatic rings. The van der Waals surface area contributed by atoms with Crippen LogP contribution in [-0.2, 0) is 0 Å². The summed E-state index contributed by atoms with van der Waals surface area (Å²) < 4.78 is 24.3. The summed E-state index contributed by atoms with van der Waals surface area (Å²) in [4.78, 5) is 0. The lowest BCUT2D eigenvalue weighted by Crippen LogP contribution is -2.11. The molecule has 1 fully saturated rings. The molecule has 1 unspecified atom stereocenters. The Balaban J connectivity index is 2.55. The number of hydrogen-bond acceptors (Lipinski definition) is 0. The lowest BCUT2D eigenvalue weighted by molar-refractivity contribution is 0.191. The highest BCUT2D eigenvalue weighted by molar-refractivity contribution is 5.11. The van der Waals surface area contributed by atoms with Gasteiger partial charge in [0.1, 0.15) is 12.3 Å². The van der Waals surface area contributed by atoms with Crippen molar-refractivity contribution < 1.29 is 8.78 Å². The molecular weight excluding hydrogens is 110 g/mol. The van der Waals surface area contributed by atoms with Crippen molar-refractivity contribution in [2.75, 3.05) is 6.67 Å². The second-order valence-electron chi connectivity index (χ2n) is 3.16. The molecule has 1 atom stereocenters. The maximum atomic E-state index is 12.6. The van der Waals surface area contributed by atoms with E-state index in [1.54, 1.807) is 13.8 Å². The Bertz CT molecular complexity index is 109. The van der Waals surface area contributed by atoms with Crippen LogP contribution in [0.3, 0.4) is 0 Å². The Hall–Kier alpha value is -0.140. The molecule has 0 saturated heterocycles. The van der Waals surface area contributed by atoms with Crippen molar-refractivity contribution in [3.63, 3.8) is 0 Å². The highest BCUT2D eigenvalue weighted by atomic mass is 19.2. The Morgan fingerprint density at radius 1 is 1.50 bits per heavy atom. The zero-order chi connectivity index (χ0) is 6.41. The summed E-state index contributed by atoms with van der Waals surface area (Å²) in [6.45, 7) is 2.67. The van der Waals surface area contributed by atoms with Crippen molar-refractivity contribution in [3.05, 3.63) is 0 Å². The molecule has 0 aromatic carbocycles. The molecule has 0 nitrogen and oxygen atoms in total. The van der Waals surface area contributed by atoms with Gasteiger partial charge in [0, 0.05) is 5.41 Å². The highest BCUT2D eigenvalue weighted by Gasteiger charge is 2.62. The van der Waals surface area contributed by atoms with Crippen molar-refractivity contribution in [2.45, 2.75) is 25.9 Å². The molecule has 0 aromatic rings. The molecule has 0 aromatic heterocycles. The van der Waals surface area contributed by atoms with Gasteiger partial charge in [-0.3, -0.25) is 0 Å². The molecule has 0 heterocycles. The van der Waals surface area contributed by atoms with E-state index in [0.717, 1.165) is 0 Å². The Kier molecular flexibility index (Phi) is 0.918. The summed E-state index contributed by atoms with van der Waals surface area (Å²) >= 11 is 0. The second kappa shape index (κ2) is 1.23. The number of halogens is 2. The van der Waals surface area contributed by atoms with Crippen LogP contribution in [0.2, 0.25) is 0 Å². The normalized spacial score (nSPS) is 42.0. The zero-order valence-corrected chi connectivity index (χ0v) is 5.17. The smallest absolute Gasteiger partial charge is 0.145 e. The number of alkyl halides is 2. The summed E-state index contributed by atoms with van der Waals surface area (Å²) in [7, 11) is 0. The van der Waals surface area contributed by atoms with E-state index in [9.17, 15) is 8.78 Å². The first-order valence-corrected chi connectivity index (χ1v) is 2.77. The van der Waals surface area contributed by atoms with Crippen LogP contribution in [0.25, 0.3) is 0 Å². The predicted octanol–water partition coefficient (Wildman–Crippen LogP) is 2.09. The minimum absolute atomic E-state index is 0.385. The van der Waals surface area contributed by atoms with E-state index in [-0.39, 0.29) is 5.41 Å². The molecule has 1 aliphatic carbocycles. The fourth-order valence-corrected chi connectivity index (χ4v) is 0.884. The lowest BCUT2D eigenvalue weighted by atomic mass is 10.1. The first kappa shape index (κ1) is 5.99. The maximum absolute atomic E-state index is 12.6. The van der Waals surface area contributed by atoms with E-state index in [4.69, 9.17) is 0 Å². The van der Waals surface area contributed by atoms with Gasteiger partial charge in [-0.15, -0.1) is 0 Å². The average Bonchev–Trinajstić information content (AvgIpc) is 2.10. The molecular formula is C6H10F2.